The lowest BCUT2D eigenvalue weighted by Crippen LogP contribution is -2.15. The summed E-state index contributed by atoms with van der Waals surface area (Å²) in [6, 6.07) is 7.11. The summed E-state index contributed by atoms with van der Waals surface area (Å²) in [5.74, 6) is -0.256. The maximum atomic E-state index is 12.0. The van der Waals surface area contributed by atoms with Gasteiger partial charge in [0.1, 0.15) is 5.69 Å². The van der Waals surface area contributed by atoms with Gasteiger partial charge in [-0.3, -0.25) is 9.78 Å². The predicted molar refractivity (Wildman–Crippen MR) is 68.9 cm³/mol. The van der Waals surface area contributed by atoms with Crippen molar-refractivity contribution < 1.29 is 4.79 Å². The molecule has 86 valence electrons. The SMILES string of the molecule is Cc1ncccc1NC(=O)c1ncccc1Br. The second-order valence-corrected chi connectivity index (χ2v) is 4.28. The van der Waals surface area contributed by atoms with Crippen LogP contribution in [0.2, 0.25) is 0 Å². The van der Waals surface area contributed by atoms with Gasteiger partial charge < -0.3 is 5.32 Å². The van der Waals surface area contributed by atoms with Crippen molar-refractivity contribution in [3.05, 3.63) is 52.5 Å². The first-order valence-electron chi connectivity index (χ1n) is 5.02. The Labute approximate surface area is 107 Å². The minimum Gasteiger partial charge on any atom is -0.319 e. The van der Waals surface area contributed by atoms with Gasteiger partial charge in [0.15, 0.2) is 0 Å². The molecule has 0 saturated carbocycles. The van der Waals surface area contributed by atoms with Crippen molar-refractivity contribution >= 4 is 27.5 Å². The molecule has 0 bridgehead atoms. The monoisotopic (exact) mass is 291 g/mol. The molecule has 1 amide bonds. The van der Waals surface area contributed by atoms with E-state index in [2.05, 4.69) is 31.2 Å². The molecule has 5 heteroatoms. The lowest BCUT2D eigenvalue weighted by Gasteiger charge is -2.07. The van der Waals surface area contributed by atoms with Crippen LogP contribution in [0.5, 0.6) is 0 Å². The minimum absolute atomic E-state index is 0.256. The summed E-state index contributed by atoms with van der Waals surface area (Å²) in [7, 11) is 0. The van der Waals surface area contributed by atoms with Gasteiger partial charge in [0.25, 0.3) is 5.91 Å². The number of hydrogen-bond donors (Lipinski definition) is 1. The van der Waals surface area contributed by atoms with Gasteiger partial charge in [-0.05, 0) is 47.1 Å². The summed E-state index contributed by atoms with van der Waals surface area (Å²) in [6.45, 7) is 1.84. The van der Waals surface area contributed by atoms with E-state index in [1.165, 1.54) is 0 Å². The van der Waals surface area contributed by atoms with Crippen LogP contribution in [0.3, 0.4) is 0 Å². The number of nitrogens with zero attached hydrogens (tertiary/aromatic N) is 2. The summed E-state index contributed by atoms with van der Waals surface area (Å²) in [6.07, 6.45) is 3.26. The molecule has 0 aliphatic heterocycles. The van der Waals surface area contributed by atoms with Gasteiger partial charge in [0.2, 0.25) is 0 Å². The largest absolute Gasteiger partial charge is 0.319 e. The van der Waals surface area contributed by atoms with E-state index >= 15 is 0 Å². The molecular formula is C12H10BrN3O. The van der Waals surface area contributed by atoms with E-state index in [0.717, 1.165) is 5.69 Å². The topological polar surface area (TPSA) is 54.9 Å². The first-order chi connectivity index (χ1) is 8.18. The van der Waals surface area contributed by atoms with E-state index in [1.54, 1.807) is 36.7 Å². The molecule has 0 aliphatic rings. The van der Waals surface area contributed by atoms with Crippen molar-refractivity contribution in [2.24, 2.45) is 0 Å². The van der Waals surface area contributed by atoms with E-state index in [-0.39, 0.29) is 5.91 Å². The Bertz CT molecular complexity index is 557. The highest BCUT2D eigenvalue weighted by Crippen LogP contribution is 2.16. The van der Waals surface area contributed by atoms with Crippen molar-refractivity contribution in [1.82, 2.24) is 9.97 Å². The summed E-state index contributed by atoms with van der Waals surface area (Å²) >= 11 is 3.29. The number of hydrogen-bond acceptors (Lipinski definition) is 3. The maximum Gasteiger partial charge on any atom is 0.275 e. The number of nitrogens with one attached hydrogen (secondary N) is 1. The molecule has 17 heavy (non-hydrogen) atoms. The Morgan fingerprint density at radius 1 is 1.24 bits per heavy atom. The van der Waals surface area contributed by atoms with Gasteiger partial charge in [-0.2, -0.15) is 0 Å². The number of anilines is 1. The molecule has 0 spiro atoms. The van der Waals surface area contributed by atoms with E-state index in [0.29, 0.717) is 15.9 Å². The maximum absolute atomic E-state index is 12.0. The average Bonchev–Trinajstić information content (AvgIpc) is 2.32. The van der Waals surface area contributed by atoms with Gasteiger partial charge in [0.05, 0.1) is 11.4 Å². The molecule has 0 fully saturated rings. The van der Waals surface area contributed by atoms with Crippen molar-refractivity contribution in [3.63, 3.8) is 0 Å². The molecule has 0 aliphatic carbocycles. The summed E-state index contributed by atoms with van der Waals surface area (Å²) < 4.78 is 0.666. The molecule has 4 nitrogen and oxygen atoms in total. The van der Waals surface area contributed by atoms with Gasteiger partial charge in [0, 0.05) is 16.9 Å². The zero-order valence-corrected chi connectivity index (χ0v) is 10.7. The highest BCUT2D eigenvalue weighted by atomic mass is 79.9. The average molecular weight is 292 g/mol. The summed E-state index contributed by atoms with van der Waals surface area (Å²) in [4.78, 5) is 20.1. The Kier molecular flexibility index (Phi) is 3.49. The van der Waals surface area contributed by atoms with Crippen LogP contribution < -0.4 is 5.32 Å². The van der Waals surface area contributed by atoms with Gasteiger partial charge >= 0.3 is 0 Å². The number of amides is 1. The van der Waals surface area contributed by atoms with Crippen LogP contribution in [0.25, 0.3) is 0 Å². The molecule has 2 aromatic rings. The van der Waals surface area contributed by atoms with Crippen LogP contribution in [0.1, 0.15) is 16.2 Å². The fourth-order valence-corrected chi connectivity index (χ4v) is 1.79. The van der Waals surface area contributed by atoms with Gasteiger partial charge in [-0.15, -0.1) is 0 Å². The standard InChI is InChI=1S/C12H10BrN3O/c1-8-10(5-3-6-14-8)16-12(17)11-9(13)4-2-7-15-11/h2-7H,1H3,(H,16,17). The lowest BCUT2D eigenvalue weighted by molar-refractivity contribution is 0.102. The number of rotatable bonds is 2. The molecular weight excluding hydrogens is 282 g/mol. The Hall–Kier alpha value is -1.75. The van der Waals surface area contributed by atoms with Crippen molar-refractivity contribution in [3.8, 4) is 0 Å². The van der Waals surface area contributed by atoms with Crippen LogP contribution >= 0.6 is 15.9 Å². The Morgan fingerprint density at radius 3 is 2.65 bits per heavy atom. The molecule has 0 radical (unpaired) electrons. The fraction of sp³-hybridized carbons (Fsp3) is 0.0833. The third-order valence-corrected chi connectivity index (χ3v) is 2.87. The van der Waals surface area contributed by atoms with E-state index in [9.17, 15) is 4.79 Å². The number of carbonyl (C=O) groups is 1. The smallest absolute Gasteiger partial charge is 0.275 e. The molecule has 2 rings (SSSR count). The normalized spacial score (nSPS) is 10.0. The van der Waals surface area contributed by atoms with E-state index < -0.39 is 0 Å². The third kappa shape index (κ3) is 2.68. The van der Waals surface area contributed by atoms with E-state index in [1.807, 2.05) is 6.92 Å². The second-order valence-electron chi connectivity index (χ2n) is 3.42. The second kappa shape index (κ2) is 5.05. The molecule has 0 atom stereocenters. The number of aromatic nitrogens is 2. The van der Waals surface area contributed by atoms with Crippen molar-refractivity contribution in [2.75, 3.05) is 5.32 Å². The highest BCUT2D eigenvalue weighted by Gasteiger charge is 2.12. The summed E-state index contributed by atoms with van der Waals surface area (Å²) in [5, 5.41) is 2.77. The van der Waals surface area contributed by atoms with Crippen molar-refractivity contribution in [1.29, 1.82) is 0 Å². The summed E-state index contributed by atoms with van der Waals surface area (Å²) in [5.41, 5.74) is 1.82. The highest BCUT2D eigenvalue weighted by molar-refractivity contribution is 9.10. The lowest BCUT2D eigenvalue weighted by atomic mass is 10.3. The minimum atomic E-state index is -0.256. The van der Waals surface area contributed by atoms with Gasteiger partial charge in [-0.1, -0.05) is 0 Å². The first-order valence-corrected chi connectivity index (χ1v) is 5.81. The first kappa shape index (κ1) is 11.7. The number of carbonyl (C=O) groups excluding carboxylic acids is 1. The molecule has 2 heterocycles. The number of halogens is 1. The van der Waals surface area contributed by atoms with Crippen LogP contribution in [-0.4, -0.2) is 15.9 Å². The quantitative estimate of drug-likeness (QED) is 0.926. The van der Waals surface area contributed by atoms with E-state index in [4.69, 9.17) is 0 Å². The number of aryl methyl sites for hydroxylation is 1. The molecule has 0 saturated heterocycles. The van der Waals surface area contributed by atoms with Crippen LogP contribution in [-0.2, 0) is 0 Å². The Balaban J connectivity index is 2.24. The zero-order valence-electron chi connectivity index (χ0n) is 9.14. The van der Waals surface area contributed by atoms with Crippen LogP contribution in [0.15, 0.2) is 41.1 Å². The number of pyridine rings is 2. The fourth-order valence-electron chi connectivity index (χ4n) is 1.35. The molecule has 1 N–H and O–H groups in total. The van der Waals surface area contributed by atoms with Gasteiger partial charge in [-0.25, -0.2) is 4.98 Å². The van der Waals surface area contributed by atoms with Crippen molar-refractivity contribution in [2.45, 2.75) is 6.92 Å². The van der Waals surface area contributed by atoms with Crippen LogP contribution in [0, 0.1) is 6.92 Å². The zero-order chi connectivity index (χ0) is 12.3. The molecule has 2 aromatic heterocycles. The predicted octanol–water partition coefficient (Wildman–Crippen LogP) is 2.80. The third-order valence-electron chi connectivity index (χ3n) is 2.23. The molecule has 0 aromatic carbocycles. The Morgan fingerprint density at radius 2 is 1.94 bits per heavy atom. The molecule has 0 unspecified atom stereocenters. The van der Waals surface area contributed by atoms with Crippen LogP contribution in [0.4, 0.5) is 5.69 Å².